The van der Waals surface area contributed by atoms with Crippen LogP contribution in [0.1, 0.15) is 316 Å². The predicted molar refractivity (Wildman–Crippen MR) is 344 cm³/mol. The summed E-state index contributed by atoms with van der Waals surface area (Å²) in [4.78, 5) is 48.9. The fourth-order valence-electron chi connectivity index (χ4n) is 9.46. The summed E-state index contributed by atoms with van der Waals surface area (Å²) in [5.74, 6) is -1.47. The van der Waals surface area contributed by atoms with E-state index in [2.05, 4.69) is 93.7 Å². The number of carbonyl (C=O) groups excluding carboxylic acids is 3. The molecule has 0 amide bonds. The van der Waals surface area contributed by atoms with Crippen molar-refractivity contribution in [3.05, 3.63) is 72.9 Å². The zero-order valence-corrected chi connectivity index (χ0v) is 53.8. The van der Waals surface area contributed by atoms with Crippen molar-refractivity contribution in [1.29, 1.82) is 0 Å². The first kappa shape index (κ1) is 78.9. The summed E-state index contributed by atoms with van der Waals surface area (Å²) in [6.07, 6.45) is 74.2. The van der Waals surface area contributed by atoms with Gasteiger partial charge in [-0.15, -0.1) is 0 Å². The van der Waals surface area contributed by atoms with E-state index in [1.807, 2.05) is 0 Å². The van der Waals surface area contributed by atoms with Crippen LogP contribution in [0.2, 0.25) is 0 Å². The van der Waals surface area contributed by atoms with E-state index in [1.165, 1.54) is 154 Å². The van der Waals surface area contributed by atoms with E-state index in [0.717, 1.165) is 103 Å². The van der Waals surface area contributed by atoms with Gasteiger partial charge in [-0.05, 0) is 109 Å². The van der Waals surface area contributed by atoms with Gasteiger partial charge in [-0.3, -0.25) is 23.4 Å². The maximum Gasteiger partial charge on any atom is 0.472 e. The third kappa shape index (κ3) is 61.5. The molecular weight excluding hydrogens is 1050 g/mol. The number of carbonyl (C=O) groups is 3. The molecule has 3 unspecified atom stereocenters. The lowest BCUT2D eigenvalue weighted by atomic mass is 10.1. The van der Waals surface area contributed by atoms with E-state index in [1.54, 1.807) is 0 Å². The molecule has 0 bridgehead atoms. The van der Waals surface area contributed by atoms with E-state index in [0.29, 0.717) is 19.3 Å². The smallest absolute Gasteiger partial charge is 0.462 e. The molecule has 82 heavy (non-hydrogen) atoms. The van der Waals surface area contributed by atoms with Gasteiger partial charge in [0, 0.05) is 19.3 Å². The van der Waals surface area contributed by atoms with Gasteiger partial charge in [-0.1, -0.05) is 261 Å². The van der Waals surface area contributed by atoms with Gasteiger partial charge < -0.3 is 24.2 Å². The molecule has 3 atom stereocenters. The Hall–Kier alpha value is -3.08. The van der Waals surface area contributed by atoms with E-state index >= 15 is 0 Å². The maximum absolute atomic E-state index is 13.0. The molecule has 0 aliphatic heterocycles. The van der Waals surface area contributed by atoms with Crippen LogP contribution in [0.25, 0.3) is 0 Å². The Balaban J connectivity index is 4.67. The Morgan fingerprint density at radius 1 is 0.354 bits per heavy atom. The number of phosphoric acid groups is 1. The van der Waals surface area contributed by atoms with E-state index in [-0.39, 0.29) is 25.9 Å². The van der Waals surface area contributed by atoms with Crippen LogP contribution in [0.4, 0.5) is 0 Å². The van der Waals surface area contributed by atoms with Gasteiger partial charge in [0.15, 0.2) is 6.10 Å². The van der Waals surface area contributed by atoms with Gasteiger partial charge >= 0.3 is 25.7 Å². The molecule has 0 rings (SSSR count). The molecule has 0 aliphatic carbocycles. The standard InChI is InChI=1S/C70H125O11P/c1-4-7-10-13-16-19-22-25-28-31-33-36-39-42-45-48-51-54-57-60-69(73)80-66(62-71)64-78-82(75,76)79-65-67(63-77-68(72)59-56-53-50-47-44-41-38-35-30-27-24-21-18-15-12-9-6-3)81-70(74)61-58-55-52-49-46-43-40-37-34-32-29-26-23-20-17-14-11-8-5-2/h9,12,17-18,20-21,25-30,66-67,71H,4-8,10-11,13-16,19,22-24,31-65H2,1-3H3,(H,75,76)/b12-9-,20-17-,21-18-,28-25-,29-26-,30-27-. The number of rotatable bonds is 63. The lowest BCUT2D eigenvalue weighted by molar-refractivity contribution is -0.161. The minimum atomic E-state index is -4.76. The average molecular weight is 1170 g/mol. The number of unbranched alkanes of at least 4 members (excludes halogenated alkanes) is 34. The molecule has 0 radical (unpaired) electrons. The van der Waals surface area contributed by atoms with Gasteiger partial charge in [0.2, 0.25) is 0 Å². The van der Waals surface area contributed by atoms with Crippen LogP contribution in [-0.4, -0.2) is 66.5 Å². The van der Waals surface area contributed by atoms with Gasteiger partial charge in [0.1, 0.15) is 12.7 Å². The molecule has 0 aromatic carbocycles. The quantitative estimate of drug-likeness (QED) is 0.0197. The van der Waals surface area contributed by atoms with Crippen molar-refractivity contribution >= 4 is 25.7 Å². The molecule has 11 nitrogen and oxygen atoms in total. The van der Waals surface area contributed by atoms with Crippen molar-refractivity contribution in [3.63, 3.8) is 0 Å². The van der Waals surface area contributed by atoms with Crippen LogP contribution in [0.15, 0.2) is 72.9 Å². The Labute approximate surface area is 503 Å². The first-order valence-electron chi connectivity index (χ1n) is 33.8. The molecule has 0 aromatic heterocycles. The van der Waals surface area contributed by atoms with Gasteiger partial charge in [0.25, 0.3) is 0 Å². The molecule has 0 spiro atoms. The molecule has 0 saturated heterocycles. The third-order valence-electron chi connectivity index (χ3n) is 14.6. The number of hydrogen-bond donors (Lipinski definition) is 2. The predicted octanol–water partition coefficient (Wildman–Crippen LogP) is 20.8. The van der Waals surface area contributed by atoms with Crippen LogP contribution in [0.5, 0.6) is 0 Å². The van der Waals surface area contributed by atoms with Crippen LogP contribution in [-0.2, 0) is 42.2 Å². The molecule has 476 valence electrons. The summed E-state index contributed by atoms with van der Waals surface area (Å²) in [6, 6.07) is 0. The maximum atomic E-state index is 13.0. The molecular formula is C70H125O11P. The van der Waals surface area contributed by atoms with E-state index in [9.17, 15) is 28.9 Å². The van der Waals surface area contributed by atoms with Crippen molar-refractivity contribution < 1.29 is 52.2 Å². The summed E-state index contributed by atoms with van der Waals surface area (Å²) in [7, 11) is -4.76. The van der Waals surface area contributed by atoms with Crippen molar-refractivity contribution in [1.82, 2.24) is 0 Å². The number of allylic oxidation sites excluding steroid dienone is 12. The molecule has 2 N–H and O–H groups in total. The monoisotopic (exact) mass is 1170 g/mol. The number of hydrogen-bond acceptors (Lipinski definition) is 10. The molecule has 0 fully saturated rings. The van der Waals surface area contributed by atoms with Crippen molar-refractivity contribution in [2.75, 3.05) is 26.4 Å². The summed E-state index contributed by atoms with van der Waals surface area (Å²) in [6.45, 7) is 4.55. The second-order valence-electron chi connectivity index (χ2n) is 22.6. The van der Waals surface area contributed by atoms with E-state index < -0.39 is 57.8 Å². The van der Waals surface area contributed by atoms with Crippen molar-refractivity contribution in [3.8, 4) is 0 Å². The average Bonchev–Trinajstić information content (AvgIpc) is 3.47. The van der Waals surface area contributed by atoms with Crippen LogP contribution in [0, 0.1) is 0 Å². The first-order chi connectivity index (χ1) is 40.2. The zero-order valence-electron chi connectivity index (χ0n) is 53.0. The second kappa shape index (κ2) is 63.9. The highest BCUT2D eigenvalue weighted by molar-refractivity contribution is 7.47. The second-order valence-corrected chi connectivity index (χ2v) is 24.1. The highest BCUT2D eigenvalue weighted by atomic mass is 31.2. The molecule has 0 heterocycles. The fraction of sp³-hybridized carbons (Fsp3) is 0.786. The highest BCUT2D eigenvalue weighted by Gasteiger charge is 2.28. The lowest BCUT2D eigenvalue weighted by Gasteiger charge is -2.21. The van der Waals surface area contributed by atoms with Crippen molar-refractivity contribution in [2.45, 2.75) is 328 Å². The SMILES string of the molecule is CC/C=C\C/C=C\C/C=C\CCCCCCCCCC(=O)OCC(COP(=O)(O)OCC(CO)OC(=O)CCCCCCCCCCC/C=C\CCCCCCCC)OC(=O)CCCCCCCCCCC/C=C\C/C=C\CCCCC. The zero-order chi connectivity index (χ0) is 59.8. The number of phosphoric ester groups is 1. The minimum absolute atomic E-state index is 0.160. The van der Waals surface area contributed by atoms with Crippen molar-refractivity contribution in [2.24, 2.45) is 0 Å². The van der Waals surface area contributed by atoms with Gasteiger partial charge in [0.05, 0.1) is 19.8 Å². The Bertz CT molecular complexity index is 1650. The first-order valence-corrected chi connectivity index (χ1v) is 35.3. The summed E-state index contributed by atoms with van der Waals surface area (Å²) in [5.41, 5.74) is 0. The van der Waals surface area contributed by atoms with Crippen LogP contribution < -0.4 is 0 Å². The fourth-order valence-corrected chi connectivity index (χ4v) is 10.2. The van der Waals surface area contributed by atoms with E-state index in [4.69, 9.17) is 23.3 Å². The third-order valence-corrected chi connectivity index (χ3v) is 15.5. The number of ether oxygens (including phenoxy) is 3. The summed E-state index contributed by atoms with van der Waals surface area (Å²) in [5, 5.41) is 9.88. The Kier molecular flexibility index (Phi) is 61.5. The number of aliphatic hydroxyl groups excluding tert-OH is 1. The largest absolute Gasteiger partial charge is 0.472 e. The van der Waals surface area contributed by atoms with Gasteiger partial charge in [-0.25, -0.2) is 4.57 Å². The molecule has 12 heteroatoms. The van der Waals surface area contributed by atoms with Gasteiger partial charge in [-0.2, -0.15) is 0 Å². The molecule has 0 aromatic rings. The minimum Gasteiger partial charge on any atom is -0.462 e. The summed E-state index contributed by atoms with van der Waals surface area (Å²) < 4.78 is 39.8. The molecule has 0 aliphatic rings. The highest BCUT2D eigenvalue weighted by Crippen LogP contribution is 2.43. The normalized spacial score (nSPS) is 13.7. The Morgan fingerprint density at radius 2 is 0.634 bits per heavy atom. The number of esters is 3. The van der Waals surface area contributed by atoms with Crippen LogP contribution in [0.3, 0.4) is 0 Å². The van der Waals surface area contributed by atoms with Crippen LogP contribution >= 0.6 is 7.82 Å². The molecule has 0 saturated carbocycles. The lowest BCUT2D eigenvalue weighted by Crippen LogP contribution is -2.30. The topological polar surface area (TPSA) is 155 Å². The Morgan fingerprint density at radius 3 is 1.01 bits per heavy atom. The summed E-state index contributed by atoms with van der Waals surface area (Å²) >= 11 is 0. The number of aliphatic hydroxyl groups is 1.